The van der Waals surface area contributed by atoms with E-state index in [2.05, 4.69) is 43.4 Å². The Hall–Kier alpha value is -2.82. The van der Waals surface area contributed by atoms with Crippen molar-refractivity contribution < 1.29 is 19.4 Å². The van der Waals surface area contributed by atoms with E-state index in [1.165, 1.54) is 11.1 Å². The SMILES string of the molecule is CC1(C)[C@H]2CC[C@@](CC(=O)O)(NC(=O)OCC3c4ccccc4-c4ccccc43)[C@@H]1C2. The van der Waals surface area contributed by atoms with E-state index in [1.807, 2.05) is 24.3 Å². The first-order valence-corrected chi connectivity index (χ1v) is 11.2. The third kappa shape index (κ3) is 3.13. The minimum atomic E-state index is -0.875. The van der Waals surface area contributed by atoms with Crippen LogP contribution in [0.2, 0.25) is 0 Å². The van der Waals surface area contributed by atoms with Crippen LogP contribution in [-0.2, 0) is 9.53 Å². The monoisotopic (exact) mass is 419 g/mol. The number of carboxylic acid groups (broad SMARTS) is 1. The van der Waals surface area contributed by atoms with Crippen LogP contribution in [0.3, 0.4) is 0 Å². The molecule has 3 saturated carbocycles. The van der Waals surface area contributed by atoms with Crippen molar-refractivity contribution in [3.8, 4) is 11.1 Å². The zero-order chi connectivity index (χ0) is 21.8. The van der Waals surface area contributed by atoms with Crippen LogP contribution >= 0.6 is 0 Å². The van der Waals surface area contributed by atoms with Gasteiger partial charge in [0.15, 0.2) is 0 Å². The van der Waals surface area contributed by atoms with Crippen LogP contribution < -0.4 is 5.32 Å². The smallest absolute Gasteiger partial charge is 0.407 e. The fraction of sp³-hybridized carbons (Fsp3) is 0.462. The summed E-state index contributed by atoms with van der Waals surface area (Å²) >= 11 is 0. The molecule has 0 radical (unpaired) electrons. The number of fused-ring (bicyclic) bond motifs is 5. The number of aliphatic carboxylic acids is 1. The van der Waals surface area contributed by atoms with Crippen molar-refractivity contribution in [2.24, 2.45) is 17.3 Å². The number of carboxylic acids is 1. The van der Waals surface area contributed by atoms with Gasteiger partial charge in [0, 0.05) is 5.92 Å². The van der Waals surface area contributed by atoms with Crippen molar-refractivity contribution in [2.45, 2.75) is 51.0 Å². The lowest BCUT2D eigenvalue weighted by molar-refractivity contribution is -0.154. The third-order valence-electron chi connectivity index (χ3n) is 8.24. The second kappa shape index (κ2) is 7.11. The minimum absolute atomic E-state index is 0.00977. The zero-order valence-corrected chi connectivity index (χ0v) is 18.1. The highest BCUT2D eigenvalue weighted by molar-refractivity contribution is 5.79. The molecule has 0 spiro atoms. The van der Waals surface area contributed by atoms with Gasteiger partial charge in [-0.2, -0.15) is 0 Å². The van der Waals surface area contributed by atoms with Crippen LogP contribution in [-0.4, -0.2) is 29.3 Å². The molecule has 162 valence electrons. The Labute approximate surface area is 182 Å². The quantitative estimate of drug-likeness (QED) is 0.699. The Morgan fingerprint density at radius 2 is 1.68 bits per heavy atom. The molecular formula is C26H29NO4. The average Bonchev–Trinajstić information content (AvgIpc) is 3.05. The second-order valence-electron chi connectivity index (χ2n) is 10.0. The molecule has 4 aliphatic carbocycles. The number of hydrogen-bond donors (Lipinski definition) is 2. The summed E-state index contributed by atoms with van der Waals surface area (Å²) < 4.78 is 5.74. The first kappa shape index (κ1) is 20.1. The summed E-state index contributed by atoms with van der Waals surface area (Å²) in [6.45, 7) is 4.63. The van der Waals surface area contributed by atoms with E-state index in [4.69, 9.17) is 4.74 Å². The number of ether oxygens (including phenoxy) is 1. The van der Waals surface area contributed by atoms with Crippen molar-refractivity contribution in [3.63, 3.8) is 0 Å². The van der Waals surface area contributed by atoms with Crippen LogP contribution in [0.25, 0.3) is 11.1 Å². The molecule has 2 aromatic carbocycles. The molecule has 5 heteroatoms. The Kier molecular flexibility index (Phi) is 4.61. The van der Waals surface area contributed by atoms with Gasteiger partial charge in [-0.3, -0.25) is 4.79 Å². The van der Waals surface area contributed by atoms with Crippen LogP contribution in [0.1, 0.15) is 56.6 Å². The Balaban J connectivity index is 1.33. The van der Waals surface area contributed by atoms with Gasteiger partial charge in [-0.1, -0.05) is 62.4 Å². The highest BCUT2D eigenvalue weighted by Gasteiger charge is 2.62. The molecule has 0 aromatic heterocycles. The number of alkyl carbamates (subject to hydrolysis) is 1. The lowest BCUT2D eigenvalue weighted by Gasteiger charge is -2.64. The van der Waals surface area contributed by atoms with E-state index in [9.17, 15) is 14.7 Å². The van der Waals surface area contributed by atoms with Gasteiger partial charge in [-0.05, 0) is 58.8 Å². The molecular weight excluding hydrogens is 390 g/mol. The molecule has 0 aliphatic heterocycles. The molecule has 3 atom stereocenters. The van der Waals surface area contributed by atoms with E-state index >= 15 is 0 Å². The summed E-state index contributed by atoms with van der Waals surface area (Å²) in [4.78, 5) is 24.6. The van der Waals surface area contributed by atoms with Crippen molar-refractivity contribution >= 4 is 12.1 Å². The molecule has 4 aliphatic rings. The van der Waals surface area contributed by atoms with Crippen LogP contribution in [0.15, 0.2) is 48.5 Å². The lowest BCUT2D eigenvalue weighted by Crippen LogP contribution is -2.68. The number of amides is 1. The van der Waals surface area contributed by atoms with E-state index in [0.29, 0.717) is 12.3 Å². The normalized spacial score (nSPS) is 27.5. The summed E-state index contributed by atoms with van der Waals surface area (Å²) in [5.41, 5.74) is 4.01. The maximum absolute atomic E-state index is 12.9. The predicted molar refractivity (Wildman–Crippen MR) is 118 cm³/mol. The van der Waals surface area contributed by atoms with Gasteiger partial charge in [-0.15, -0.1) is 0 Å². The summed E-state index contributed by atoms with van der Waals surface area (Å²) in [7, 11) is 0. The number of nitrogens with one attached hydrogen (secondary N) is 1. The maximum atomic E-state index is 12.9. The van der Waals surface area contributed by atoms with Gasteiger partial charge in [0.25, 0.3) is 0 Å². The Morgan fingerprint density at radius 3 is 2.23 bits per heavy atom. The number of carbonyl (C=O) groups is 2. The van der Waals surface area contributed by atoms with Crippen molar-refractivity contribution in [3.05, 3.63) is 59.7 Å². The molecule has 6 rings (SSSR count). The highest BCUT2D eigenvalue weighted by Crippen LogP contribution is 2.63. The second-order valence-corrected chi connectivity index (χ2v) is 10.0. The lowest BCUT2D eigenvalue weighted by atomic mass is 9.42. The molecule has 2 aromatic rings. The first-order chi connectivity index (χ1) is 14.8. The van der Waals surface area contributed by atoms with Crippen molar-refractivity contribution in [1.82, 2.24) is 5.32 Å². The van der Waals surface area contributed by atoms with E-state index in [1.54, 1.807) is 0 Å². The summed E-state index contributed by atoms with van der Waals surface area (Å²) in [6, 6.07) is 16.5. The molecule has 31 heavy (non-hydrogen) atoms. The zero-order valence-electron chi connectivity index (χ0n) is 18.1. The van der Waals surface area contributed by atoms with Gasteiger partial charge in [-0.25, -0.2) is 4.79 Å². The van der Waals surface area contributed by atoms with Gasteiger partial charge >= 0.3 is 12.1 Å². The fourth-order valence-corrected chi connectivity index (χ4v) is 6.56. The molecule has 3 fully saturated rings. The van der Waals surface area contributed by atoms with Crippen LogP contribution in [0, 0.1) is 17.3 Å². The molecule has 0 unspecified atom stereocenters. The Morgan fingerprint density at radius 1 is 1.06 bits per heavy atom. The Bertz CT molecular complexity index is 998. The molecule has 0 heterocycles. The van der Waals surface area contributed by atoms with Gasteiger partial charge < -0.3 is 15.2 Å². The summed E-state index contributed by atoms with van der Waals surface area (Å²) in [5.74, 6) is -0.108. The molecule has 0 saturated heterocycles. The number of hydrogen-bond acceptors (Lipinski definition) is 3. The van der Waals surface area contributed by atoms with Gasteiger partial charge in [0.05, 0.1) is 12.0 Å². The first-order valence-electron chi connectivity index (χ1n) is 11.2. The molecule has 2 N–H and O–H groups in total. The molecule has 2 bridgehead atoms. The predicted octanol–water partition coefficient (Wildman–Crippen LogP) is 5.19. The largest absolute Gasteiger partial charge is 0.481 e. The highest BCUT2D eigenvalue weighted by atomic mass is 16.5. The standard InChI is InChI=1S/C26H29NO4/c1-25(2)16-11-12-26(14-23(28)29,22(25)13-16)27-24(30)31-15-21-19-9-5-3-7-17(19)18-8-4-6-10-20(18)21/h3-10,16,21-22H,11-15H2,1-2H3,(H,27,30)(H,28,29)/t16-,22+,26-/m0/s1. The summed E-state index contributed by atoms with van der Waals surface area (Å²) in [5, 5.41) is 12.6. The van der Waals surface area contributed by atoms with Crippen molar-refractivity contribution in [1.29, 1.82) is 0 Å². The number of carbonyl (C=O) groups excluding carboxylic acids is 1. The molecule has 5 nitrogen and oxygen atoms in total. The summed E-state index contributed by atoms with van der Waals surface area (Å²) in [6.07, 6.45) is 2.05. The average molecular weight is 420 g/mol. The topological polar surface area (TPSA) is 75.6 Å². The fourth-order valence-electron chi connectivity index (χ4n) is 6.56. The van der Waals surface area contributed by atoms with Gasteiger partial charge in [0.1, 0.15) is 6.61 Å². The minimum Gasteiger partial charge on any atom is -0.481 e. The number of rotatable bonds is 5. The molecule has 1 amide bonds. The van der Waals surface area contributed by atoms with Crippen LogP contribution in [0.5, 0.6) is 0 Å². The van der Waals surface area contributed by atoms with E-state index in [-0.39, 0.29) is 30.3 Å². The van der Waals surface area contributed by atoms with Crippen LogP contribution in [0.4, 0.5) is 4.79 Å². The van der Waals surface area contributed by atoms with E-state index in [0.717, 1.165) is 24.0 Å². The van der Waals surface area contributed by atoms with Gasteiger partial charge in [0.2, 0.25) is 0 Å². The number of benzene rings is 2. The maximum Gasteiger partial charge on any atom is 0.407 e. The third-order valence-corrected chi connectivity index (χ3v) is 8.24. The van der Waals surface area contributed by atoms with Crippen molar-refractivity contribution in [2.75, 3.05) is 6.61 Å². The van der Waals surface area contributed by atoms with E-state index < -0.39 is 17.6 Å².